The number of nitrogen functional groups attached to an aromatic ring is 1. The lowest BCUT2D eigenvalue weighted by Crippen LogP contribution is -2.42. The molecule has 1 unspecified atom stereocenters. The second-order valence-corrected chi connectivity index (χ2v) is 4.17. The van der Waals surface area contributed by atoms with Crippen LogP contribution >= 0.6 is 0 Å². The summed E-state index contributed by atoms with van der Waals surface area (Å²) < 4.78 is 0. The number of piperidine rings is 1. The Morgan fingerprint density at radius 1 is 1.50 bits per heavy atom. The van der Waals surface area contributed by atoms with E-state index in [-0.39, 0.29) is 5.91 Å². The Kier molecular flexibility index (Phi) is 3.10. The third kappa shape index (κ3) is 2.33. The van der Waals surface area contributed by atoms with E-state index in [0.29, 0.717) is 24.3 Å². The SMILES string of the molecule is Nc1cccc(C(=O)N2CCCC(O)C2)c1. The summed E-state index contributed by atoms with van der Waals surface area (Å²) in [6.07, 6.45) is 1.24. The highest BCUT2D eigenvalue weighted by molar-refractivity contribution is 5.95. The summed E-state index contributed by atoms with van der Waals surface area (Å²) in [5.41, 5.74) is 6.81. The first-order chi connectivity index (χ1) is 7.66. The summed E-state index contributed by atoms with van der Waals surface area (Å²) in [5, 5.41) is 9.51. The maximum Gasteiger partial charge on any atom is 0.254 e. The van der Waals surface area contributed by atoms with Crippen molar-refractivity contribution in [3.8, 4) is 0 Å². The lowest BCUT2D eigenvalue weighted by atomic mass is 10.1. The molecule has 4 nitrogen and oxygen atoms in total. The number of likely N-dealkylation sites (tertiary alicyclic amines) is 1. The fourth-order valence-electron chi connectivity index (χ4n) is 1.99. The third-order valence-corrected chi connectivity index (χ3v) is 2.82. The van der Waals surface area contributed by atoms with Crippen LogP contribution in [0.4, 0.5) is 5.69 Å². The molecule has 86 valence electrons. The second kappa shape index (κ2) is 4.53. The van der Waals surface area contributed by atoms with Gasteiger partial charge in [-0.1, -0.05) is 6.07 Å². The molecule has 1 aromatic rings. The van der Waals surface area contributed by atoms with Crippen molar-refractivity contribution < 1.29 is 9.90 Å². The predicted molar refractivity (Wildman–Crippen MR) is 62.0 cm³/mol. The van der Waals surface area contributed by atoms with Gasteiger partial charge in [0.2, 0.25) is 0 Å². The second-order valence-electron chi connectivity index (χ2n) is 4.17. The standard InChI is InChI=1S/C12H16N2O2/c13-10-4-1-3-9(7-10)12(16)14-6-2-5-11(15)8-14/h1,3-4,7,11,15H,2,5-6,8,13H2. The first-order valence-electron chi connectivity index (χ1n) is 5.49. The largest absolute Gasteiger partial charge is 0.399 e. The summed E-state index contributed by atoms with van der Waals surface area (Å²) in [6.45, 7) is 1.14. The zero-order chi connectivity index (χ0) is 11.5. The van der Waals surface area contributed by atoms with Crippen LogP contribution in [0.25, 0.3) is 0 Å². The van der Waals surface area contributed by atoms with E-state index in [4.69, 9.17) is 5.73 Å². The van der Waals surface area contributed by atoms with Gasteiger partial charge in [0, 0.05) is 24.3 Å². The Balaban J connectivity index is 2.12. The molecule has 1 aliphatic rings. The highest BCUT2D eigenvalue weighted by atomic mass is 16.3. The summed E-state index contributed by atoms with van der Waals surface area (Å²) in [4.78, 5) is 13.7. The number of amides is 1. The number of hydrogen-bond donors (Lipinski definition) is 2. The van der Waals surface area contributed by atoms with E-state index in [9.17, 15) is 9.90 Å². The molecule has 4 heteroatoms. The number of β-amino-alcohol motifs (C(OH)–C–C–N with tert-alkyl or cyclic N) is 1. The van der Waals surface area contributed by atoms with E-state index in [2.05, 4.69) is 0 Å². The van der Waals surface area contributed by atoms with Gasteiger partial charge in [-0.15, -0.1) is 0 Å². The van der Waals surface area contributed by atoms with Crippen molar-refractivity contribution in [2.45, 2.75) is 18.9 Å². The molecule has 2 rings (SSSR count). The van der Waals surface area contributed by atoms with Gasteiger partial charge in [0.15, 0.2) is 0 Å². The smallest absolute Gasteiger partial charge is 0.254 e. The van der Waals surface area contributed by atoms with Gasteiger partial charge in [-0.2, -0.15) is 0 Å². The molecule has 0 radical (unpaired) electrons. The highest BCUT2D eigenvalue weighted by Gasteiger charge is 2.22. The maximum absolute atomic E-state index is 12.1. The van der Waals surface area contributed by atoms with Crippen molar-refractivity contribution in [1.29, 1.82) is 0 Å². The van der Waals surface area contributed by atoms with Gasteiger partial charge in [-0.3, -0.25) is 4.79 Å². The molecule has 1 aliphatic heterocycles. The third-order valence-electron chi connectivity index (χ3n) is 2.82. The average molecular weight is 220 g/mol. The van der Waals surface area contributed by atoms with Gasteiger partial charge < -0.3 is 15.7 Å². The van der Waals surface area contributed by atoms with Gasteiger partial charge in [0.05, 0.1) is 6.10 Å². The molecular weight excluding hydrogens is 204 g/mol. The molecule has 0 aromatic heterocycles. The number of benzene rings is 1. The Morgan fingerprint density at radius 3 is 3.00 bits per heavy atom. The first-order valence-corrected chi connectivity index (χ1v) is 5.49. The number of carbonyl (C=O) groups excluding carboxylic acids is 1. The van der Waals surface area contributed by atoms with Gasteiger partial charge >= 0.3 is 0 Å². The molecule has 0 saturated carbocycles. The van der Waals surface area contributed by atoms with Gasteiger partial charge in [0.25, 0.3) is 5.91 Å². The quantitative estimate of drug-likeness (QED) is 0.690. The van der Waals surface area contributed by atoms with Crippen molar-refractivity contribution in [3.05, 3.63) is 29.8 Å². The number of anilines is 1. The number of aliphatic hydroxyl groups is 1. The molecule has 0 aliphatic carbocycles. The highest BCUT2D eigenvalue weighted by Crippen LogP contribution is 2.15. The van der Waals surface area contributed by atoms with Crippen LogP contribution in [0.2, 0.25) is 0 Å². The summed E-state index contributed by atoms with van der Waals surface area (Å²) >= 11 is 0. The Hall–Kier alpha value is -1.55. The molecule has 0 bridgehead atoms. The number of nitrogens with two attached hydrogens (primary N) is 1. The lowest BCUT2D eigenvalue weighted by Gasteiger charge is -2.30. The molecule has 1 aromatic carbocycles. The van der Waals surface area contributed by atoms with Crippen molar-refractivity contribution >= 4 is 11.6 Å². The molecule has 1 saturated heterocycles. The fraction of sp³-hybridized carbons (Fsp3) is 0.417. The minimum atomic E-state index is -0.390. The summed E-state index contributed by atoms with van der Waals surface area (Å²) in [5.74, 6) is -0.0500. The summed E-state index contributed by atoms with van der Waals surface area (Å²) in [7, 11) is 0. The van der Waals surface area contributed by atoms with Crippen LogP contribution in [0.3, 0.4) is 0 Å². The molecular formula is C12H16N2O2. The van der Waals surface area contributed by atoms with Crippen molar-refractivity contribution in [3.63, 3.8) is 0 Å². The van der Waals surface area contributed by atoms with Gasteiger partial charge in [-0.25, -0.2) is 0 Å². The lowest BCUT2D eigenvalue weighted by molar-refractivity contribution is 0.0474. The zero-order valence-electron chi connectivity index (χ0n) is 9.10. The fourth-order valence-corrected chi connectivity index (χ4v) is 1.99. The van der Waals surface area contributed by atoms with Crippen LogP contribution in [0.1, 0.15) is 23.2 Å². The van der Waals surface area contributed by atoms with Crippen LogP contribution < -0.4 is 5.73 Å². The number of aliphatic hydroxyl groups excluding tert-OH is 1. The minimum absolute atomic E-state index is 0.0500. The van der Waals surface area contributed by atoms with E-state index in [1.165, 1.54) is 0 Å². The van der Waals surface area contributed by atoms with Gasteiger partial charge in [0.1, 0.15) is 0 Å². The van der Waals surface area contributed by atoms with Crippen LogP contribution in [0.5, 0.6) is 0 Å². The monoisotopic (exact) mass is 220 g/mol. The van der Waals surface area contributed by atoms with Crippen LogP contribution in [0, 0.1) is 0 Å². The number of rotatable bonds is 1. The molecule has 16 heavy (non-hydrogen) atoms. The molecule has 0 spiro atoms. The zero-order valence-corrected chi connectivity index (χ0v) is 9.10. The Morgan fingerprint density at radius 2 is 2.31 bits per heavy atom. The molecule has 1 atom stereocenters. The molecule has 1 fully saturated rings. The normalized spacial score (nSPS) is 20.8. The van der Waals surface area contributed by atoms with Gasteiger partial charge in [-0.05, 0) is 31.0 Å². The van der Waals surface area contributed by atoms with E-state index < -0.39 is 6.10 Å². The summed E-state index contributed by atoms with van der Waals surface area (Å²) in [6, 6.07) is 6.94. The minimum Gasteiger partial charge on any atom is -0.399 e. The molecule has 3 N–H and O–H groups in total. The van der Waals surface area contributed by atoms with Crippen molar-refractivity contribution in [2.75, 3.05) is 18.8 Å². The predicted octanol–water partition coefficient (Wildman–Crippen LogP) is 0.866. The maximum atomic E-state index is 12.1. The Bertz CT molecular complexity index is 392. The Labute approximate surface area is 94.7 Å². The van der Waals surface area contributed by atoms with Crippen LogP contribution in [0.15, 0.2) is 24.3 Å². The number of carbonyl (C=O) groups is 1. The number of hydrogen-bond acceptors (Lipinski definition) is 3. The average Bonchev–Trinajstić information content (AvgIpc) is 2.28. The van der Waals surface area contributed by atoms with Crippen molar-refractivity contribution in [1.82, 2.24) is 4.90 Å². The molecule has 1 amide bonds. The van der Waals surface area contributed by atoms with E-state index in [1.54, 1.807) is 29.2 Å². The van der Waals surface area contributed by atoms with Crippen molar-refractivity contribution in [2.24, 2.45) is 0 Å². The van der Waals surface area contributed by atoms with E-state index >= 15 is 0 Å². The molecule has 1 heterocycles. The van der Waals surface area contributed by atoms with E-state index in [0.717, 1.165) is 12.8 Å². The van der Waals surface area contributed by atoms with Crippen LogP contribution in [-0.4, -0.2) is 35.1 Å². The van der Waals surface area contributed by atoms with Crippen LogP contribution in [-0.2, 0) is 0 Å². The van der Waals surface area contributed by atoms with E-state index in [1.807, 2.05) is 0 Å². The number of nitrogens with zero attached hydrogens (tertiary/aromatic N) is 1. The first kappa shape index (κ1) is 11.0. The topological polar surface area (TPSA) is 66.6 Å².